The lowest BCUT2D eigenvalue weighted by Gasteiger charge is -2.23. The summed E-state index contributed by atoms with van der Waals surface area (Å²) in [7, 11) is 0. The number of allylic oxidation sites excluding steroid dienone is 1. The molecule has 0 saturated heterocycles. The number of ether oxygens (including phenoxy) is 1. The number of carbonyl (C=O) groups excluding carboxylic acids is 2. The maximum Gasteiger partial charge on any atom is 0.407 e. The van der Waals surface area contributed by atoms with Crippen molar-refractivity contribution in [1.82, 2.24) is 5.32 Å². The highest BCUT2D eigenvalue weighted by Gasteiger charge is 2.34. The van der Waals surface area contributed by atoms with Gasteiger partial charge in [0.2, 0.25) is 0 Å². The largest absolute Gasteiger partial charge is 0.444 e. The Morgan fingerprint density at radius 3 is 2.47 bits per heavy atom. The molecule has 96 valence electrons. The van der Waals surface area contributed by atoms with Gasteiger partial charge in [-0.1, -0.05) is 6.58 Å². The molecule has 0 heterocycles. The van der Waals surface area contributed by atoms with Crippen LogP contribution in [0.3, 0.4) is 0 Å². The van der Waals surface area contributed by atoms with E-state index in [1.165, 1.54) is 6.08 Å². The van der Waals surface area contributed by atoms with E-state index in [1.54, 1.807) is 0 Å². The number of carbonyl (C=O) groups is 2. The van der Waals surface area contributed by atoms with Crippen LogP contribution in [-0.4, -0.2) is 23.5 Å². The number of rotatable bonds is 5. The smallest absolute Gasteiger partial charge is 0.407 e. The van der Waals surface area contributed by atoms with E-state index in [2.05, 4.69) is 11.9 Å². The van der Waals surface area contributed by atoms with E-state index in [9.17, 15) is 9.59 Å². The van der Waals surface area contributed by atoms with Gasteiger partial charge in [-0.15, -0.1) is 0 Å². The molecule has 1 atom stereocenters. The molecule has 1 aliphatic rings. The molecule has 0 aromatic rings. The Balaban J connectivity index is 2.46. The second kappa shape index (κ2) is 5.34. The van der Waals surface area contributed by atoms with E-state index in [0.717, 1.165) is 12.8 Å². The first-order valence-corrected chi connectivity index (χ1v) is 5.96. The first-order valence-electron chi connectivity index (χ1n) is 5.96. The highest BCUT2D eigenvalue weighted by Crippen LogP contribution is 2.34. The topological polar surface area (TPSA) is 55.4 Å². The number of amides is 1. The minimum Gasteiger partial charge on any atom is -0.444 e. The van der Waals surface area contributed by atoms with E-state index in [-0.39, 0.29) is 11.8 Å². The second-order valence-electron chi connectivity index (χ2n) is 5.46. The van der Waals surface area contributed by atoms with E-state index in [4.69, 9.17) is 4.74 Å². The van der Waals surface area contributed by atoms with Crippen LogP contribution in [0.2, 0.25) is 0 Å². The van der Waals surface area contributed by atoms with Gasteiger partial charge >= 0.3 is 6.09 Å². The SMILES string of the molecule is C=CC(=O)CC(NC(=O)OC(C)(C)C)C1CC1. The highest BCUT2D eigenvalue weighted by molar-refractivity contribution is 5.89. The molecule has 4 nitrogen and oxygen atoms in total. The van der Waals surface area contributed by atoms with Gasteiger partial charge in [0.25, 0.3) is 0 Å². The van der Waals surface area contributed by atoms with Crippen LogP contribution in [0.15, 0.2) is 12.7 Å². The third kappa shape index (κ3) is 5.52. The summed E-state index contributed by atoms with van der Waals surface area (Å²) in [6.07, 6.45) is 3.28. The number of hydrogen-bond donors (Lipinski definition) is 1. The summed E-state index contributed by atoms with van der Waals surface area (Å²) in [4.78, 5) is 22.9. The van der Waals surface area contributed by atoms with Crippen molar-refractivity contribution < 1.29 is 14.3 Å². The number of nitrogens with one attached hydrogen (secondary N) is 1. The third-order valence-corrected chi connectivity index (χ3v) is 2.54. The lowest BCUT2D eigenvalue weighted by atomic mass is 10.1. The fourth-order valence-corrected chi connectivity index (χ4v) is 1.59. The van der Waals surface area contributed by atoms with Gasteiger partial charge in [-0.2, -0.15) is 0 Å². The van der Waals surface area contributed by atoms with E-state index in [0.29, 0.717) is 12.3 Å². The third-order valence-electron chi connectivity index (χ3n) is 2.54. The predicted octanol–water partition coefficient (Wildman–Crippen LogP) is 2.43. The van der Waals surface area contributed by atoms with Crippen LogP contribution in [0, 0.1) is 5.92 Å². The summed E-state index contributed by atoms with van der Waals surface area (Å²) in [5, 5.41) is 2.77. The molecule has 1 fully saturated rings. The van der Waals surface area contributed by atoms with Crippen LogP contribution in [0.4, 0.5) is 4.79 Å². The first kappa shape index (κ1) is 13.7. The van der Waals surface area contributed by atoms with Crippen molar-refractivity contribution in [1.29, 1.82) is 0 Å². The summed E-state index contributed by atoms with van der Waals surface area (Å²) in [5.74, 6) is 0.365. The van der Waals surface area contributed by atoms with Crippen LogP contribution in [0.1, 0.15) is 40.0 Å². The monoisotopic (exact) mass is 239 g/mol. The first-order chi connectivity index (χ1) is 7.81. The highest BCUT2D eigenvalue weighted by atomic mass is 16.6. The molecule has 1 rings (SSSR count). The fourth-order valence-electron chi connectivity index (χ4n) is 1.59. The van der Waals surface area contributed by atoms with Crippen LogP contribution >= 0.6 is 0 Å². The Morgan fingerprint density at radius 2 is 2.06 bits per heavy atom. The van der Waals surface area contributed by atoms with Gasteiger partial charge in [-0.25, -0.2) is 4.79 Å². The molecule has 1 amide bonds. The molecule has 4 heteroatoms. The summed E-state index contributed by atoms with van der Waals surface area (Å²) in [6.45, 7) is 8.88. The zero-order valence-electron chi connectivity index (χ0n) is 10.8. The zero-order valence-corrected chi connectivity index (χ0v) is 10.8. The Hall–Kier alpha value is -1.32. The lowest BCUT2D eigenvalue weighted by Crippen LogP contribution is -2.41. The van der Waals surface area contributed by atoms with Gasteiger partial charge in [0.15, 0.2) is 5.78 Å². The zero-order chi connectivity index (χ0) is 13.1. The van der Waals surface area contributed by atoms with Crippen molar-refractivity contribution in [3.05, 3.63) is 12.7 Å². The minimum atomic E-state index is -0.513. The van der Waals surface area contributed by atoms with Crippen molar-refractivity contribution in [2.45, 2.75) is 51.7 Å². The number of hydrogen-bond acceptors (Lipinski definition) is 3. The molecule has 0 aromatic carbocycles. The predicted molar refractivity (Wildman–Crippen MR) is 65.7 cm³/mol. The molecule has 17 heavy (non-hydrogen) atoms. The average Bonchev–Trinajstić information content (AvgIpc) is 2.96. The fraction of sp³-hybridized carbons (Fsp3) is 0.692. The average molecular weight is 239 g/mol. The molecular formula is C13H21NO3. The van der Waals surface area contributed by atoms with Gasteiger partial charge < -0.3 is 10.1 Å². The van der Waals surface area contributed by atoms with Crippen LogP contribution < -0.4 is 5.32 Å². The lowest BCUT2D eigenvalue weighted by molar-refractivity contribution is -0.115. The summed E-state index contributed by atoms with van der Waals surface area (Å²) in [6, 6.07) is -0.115. The van der Waals surface area contributed by atoms with Crippen LogP contribution in [0.25, 0.3) is 0 Å². The molecule has 1 aliphatic carbocycles. The Morgan fingerprint density at radius 1 is 1.47 bits per heavy atom. The summed E-state index contributed by atoms with van der Waals surface area (Å²) >= 11 is 0. The number of alkyl carbamates (subject to hydrolysis) is 1. The maximum atomic E-state index is 11.6. The maximum absolute atomic E-state index is 11.6. The van der Waals surface area contributed by atoms with Crippen molar-refractivity contribution in [2.24, 2.45) is 5.92 Å². The van der Waals surface area contributed by atoms with Gasteiger partial charge in [-0.05, 0) is 45.6 Å². The van der Waals surface area contributed by atoms with Gasteiger partial charge in [0, 0.05) is 12.5 Å². The summed E-state index contributed by atoms with van der Waals surface area (Å²) < 4.78 is 5.17. The number of ketones is 1. The quantitative estimate of drug-likeness (QED) is 0.750. The molecule has 1 unspecified atom stereocenters. The van der Waals surface area contributed by atoms with Crippen molar-refractivity contribution in [3.63, 3.8) is 0 Å². The molecule has 0 bridgehead atoms. The van der Waals surface area contributed by atoms with E-state index >= 15 is 0 Å². The van der Waals surface area contributed by atoms with Crippen LogP contribution in [-0.2, 0) is 9.53 Å². The molecular weight excluding hydrogens is 218 g/mol. The van der Waals surface area contributed by atoms with Gasteiger partial charge in [0.05, 0.1) is 0 Å². The van der Waals surface area contributed by atoms with E-state index < -0.39 is 11.7 Å². The summed E-state index contributed by atoms with van der Waals surface area (Å²) in [5.41, 5.74) is -0.513. The Bertz CT molecular complexity index is 313. The van der Waals surface area contributed by atoms with Gasteiger partial charge in [0.1, 0.15) is 5.60 Å². The van der Waals surface area contributed by atoms with Crippen molar-refractivity contribution in [3.8, 4) is 0 Å². The molecule has 1 saturated carbocycles. The standard InChI is InChI=1S/C13H21NO3/c1-5-10(15)8-11(9-6-7-9)14-12(16)17-13(2,3)4/h5,9,11H,1,6-8H2,2-4H3,(H,14,16). The molecule has 0 radical (unpaired) electrons. The molecule has 1 N–H and O–H groups in total. The van der Waals surface area contributed by atoms with E-state index in [1.807, 2.05) is 20.8 Å². The normalized spacial score (nSPS) is 17.1. The minimum absolute atomic E-state index is 0.0436. The van der Waals surface area contributed by atoms with Crippen LogP contribution in [0.5, 0.6) is 0 Å². The van der Waals surface area contributed by atoms with Crippen molar-refractivity contribution >= 4 is 11.9 Å². The Kier molecular flexibility index (Phi) is 4.32. The molecule has 0 aliphatic heterocycles. The second-order valence-corrected chi connectivity index (χ2v) is 5.46. The van der Waals surface area contributed by atoms with Crippen molar-refractivity contribution in [2.75, 3.05) is 0 Å². The molecule has 0 aromatic heterocycles. The Labute approximate surface area is 102 Å². The van der Waals surface area contributed by atoms with Gasteiger partial charge in [-0.3, -0.25) is 4.79 Å². The molecule has 0 spiro atoms.